The fourth-order valence-corrected chi connectivity index (χ4v) is 1.19. The second-order valence-corrected chi connectivity index (χ2v) is 6.26. The van der Waals surface area contributed by atoms with Gasteiger partial charge >= 0.3 is 12.1 Å². The van der Waals surface area contributed by atoms with Gasteiger partial charge < -0.3 is 4.74 Å². The second-order valence-electron chi connectivity index (χ2n) is 6.26. The normalized spacial score (nSPS) is 15.2. The van der Waals surface area contributed by atoms with E-state index in [1.807, 2.05) is 0 Å². The van der Waals surface area contributed by atoms with E-state index in [0.29, 0.717) is 0 Å². The number of alkyl halides is 3. The third kappa shape index (κ3) is 4.66. The molecule has 1 unspecified atom stereocenters. The summed E-state index contributed by atoms with van der Waals surface area (Å²) in [4.78, 5) is 22.9. The summed E-state index contributed by atoms with van der Waals surface area (Å²) in [5.74, 6) is -2.87. The molecular weight excluding hydrogens is 249 g/mol. The SMILES string of the molecule is CC(C)(C)C(=O)C(OC(=O)C(F)(F)F)C(C)(C)C. The minimum atomic E-state index is -5.10. The van der Waals surface area contributed by atoms with E-state index in [1.165, 1.54) is 0 Å². The average molecular weight is 268 g/mol. The summed E-state index contributed by atoms with van der Waals surface area (Å²) in [6, 6.07) is 0. The molecule has 0 aliphatic carbocycles. The van der Waals surface area contributed by atoms with Gasteiger partial charge in [-0.3, -0.25) is 4.79 Å². The predicted octanol–water partition coefficient (Wildman–Crippen LogP) is 3.12. The van der Waals surface area contributed by atoms with Crippen LogP contribution >= 0.6 is 0 Å². The molecule has 0 bridgehead atoms. The van der Waals surface area contributed by atoms with Crippen LogP contribution in [-0.2, 0) is 14.3 Å². The number of ether oxygens (including phenoxy) is 1. The molecule has 1 atom stereocenters. The summed E-state index contributed by atoms with van der Waals surface area (Å²) in [7, 11) is 0. The Balaban J connectivity index is 5.19. The zero-order valence-electron chi connectivity index (χ0n) is 11.4. The van der Waals surface area contributed by atoms with Gasteiger partial charge in [-0.25, -0.2) is 4.79 Å². The smallest absolute Gasteiger partial charge is 0.447 e. The topological polar surface area (TPSA) is 43.4 Å². The van der Waals surface area contributed by atoms with Crippen LogP contribution in [0.1, 0.15) is 41.5 Å². The minimum absolute atomic E-state index is 0.535. The first-order chi connectivity index (χ1) is 7.67. The van der Waals surface area contributed by atoms with Gasteiger partial charge in [0, 0.05) is 10.8 Å². The average Bonchev–Trinajstić information content (AvgIpc) is 2.07. The van der Waals surface area contributed by atoms with Crippen LogP contribution in [0.3, 0.4) is 0 Å². The van der Waals surface area contributed by atoms with E-state index in [2.05, 4.69) is 4.74 Å². The number of Topliss-reactive ketones (excluding diaryl/α,β-unsaturated/α-hetero) is 1. The first-order valence-corrected chi connectivity index (χ1v) is 5.49. The Bertz CT molecular complexity index is 332. The van der Waals surface area contributed by atoms with E-state index < -0.39 is 34.9 Å². The molecule has 0 radical (unpaired) electrons. The van der Waals surface area contributed by atoms with Crippen molar-refractivity contribution in [1.82, 2.24) is 0 Å². The van der Waals surface area contributed by atoms with E-state index in [1.54, 1.807) is 41.5 Å². The van der Waals surface area contributed by atoms with Gasteiger partial charge in [-0.15, -0.1) is 0 Å². The second kappa shape index (κ2) is 4.90. The Morgan fingerprint density at radius 3 is 1.56 bits per heavy atom. The van der Waals surface area contributed by atoms with Crippen LogP contribution in [0.5, 0.6) is 0 Å². The van der Waals surface area contributed by atoms with Gasteiger partial charge in [-0.05, 0) is 0 Å². The van der Waals surface area contributed by atoms with Crippen LogP contribution < -0.4 is 0 Å². The Labute approximate surface area is 105 Å². The van der Waals surface area contributed by atoms with E-state index in [-0.39, 0.29) is 0 Å². The van der Waals surface area contributed by atoms with Crippen molar-refractivity contribution in [2.45, 2.75) is 53.8 Å². The molecule has 0 aromatic carbocycles. The fraction of sp³-hybridized carbons (Fsp3) is 0.833. The van der Waals surface area contributed by atoms with Crippen molar-refractivity contribution in [2.24, 2.45) is 10.8 Å². The molecule has 0 rings (SSSR count). The van der Waals surface area contributed by atoms with Crippen molar-refractivity contribution in [3.8, 4) is 0 Å². The number of esters is 1. The summed E-state index contributed by atoms with van der Waals surface area (Å²) < 4.78 is 40.9. The number of rotatable bonds is 2. The van der Waals surface area contributed by atoms with E-state index in [4.69, 9.17) is 0 Å². The van der Waals surface area contributed by atoms with Crippen LogP contribution in [0, 0.1) is 10.8 Å². The van der Waals surface area contributed by atoms with Gasteiger partial charge in [0.1, 0.15) is 0 Å². The van der Waals surface area contributed by atoms with Crippen molar-refractivity contribution in [3.05, 3.63) is 0 Å². The van der Waals surface area contributed by atoms with Gasteiger partial charge in [0.05, 0.1) is 0 Å². The van der Waals surface area contributed by atoms with Gasteiger partial charge in [0.25, 0.3) is 0 Å². The number of carbonyl (C=O) groups is 2. The molecule has 106 valence electrons. The lowest BCUT2D eigenvalue weighted by molar-refractivity contribution is -0.210. The highest BCUT2D eigenvalue weighted by Gasteiger charge is 2.47. The summed E-state index contributed by atoms with van der Waals surface area (Å²) in [6.45, 7) is 9.33. The van der Waals surface area contributed by atoms with Crippen molar-refractivity contribution in [3.63, 3.8) is 0 Å². The molecule has 0 aromatic heterocycles. The molecule has 0 saturated carbocycles. The van der Waals surface area contributed by atoms with Crippen molar-refractivity contribution < 1.29 is 27.5 Å². The molecule has 0 N–H and O–H groups in total. The molecule has 6 heteroatoms. The lowest BCUT2D eigenvalue weighted by atomic mass is 9.77. The van der Waals surface area contributed by atoms with E-state index >= 15 is 0 Å². The van der Waals surface area contributed by atoms with Gasteiger partial charge in [-0.1, -0.05) is 41.5 Å². The molecule has 3 nitrogen and oxygen atoms in total. The predicted molar refractivity (Wildman–Crippen MR) is 59.9 cm³/mol. The highest BCUT2D eigenvalue weighted by Crippen LogP contribution is 2.31. The molecule has 18 heavy (non-hydrogen) atoms. The molecule has 0 saturated heterocycles. The fourth-order valence-electron chi connectivity index (χ4n) is 1.19. The third-order valence-corrected chi connectivity index (χ3v) is 2.22. The van der Waals surface area contributed by atoms with Gasteiger partial charge in [-0.2, -0.15) is 13.2 Å². The summed E-state index contributed by atoms with van der Waals surface area (Å²) >= 11 is 0. The quantitative estimate of drug-likeness (QED) is 0.723. The van der Waals surface area contributed by atoms with Crippen LogP contribution in [0.2, 0.25) is 0 Å². The molecule has 0 heterocycles. The molecule has 0 amide bonds. The summed E-state index contributed by atoms with van der Waals surface area (Å²) in [6.07, 6.45) is -6.52. The summed E-state index contributed by atoms with van der Waals surface area (Å²) in [5.41, 5.74) is -1.78. The molecule has 0 fully saturated rings. The van der Waals surface area contributed by atoms with Gasteiger partial charge in [0.2, 0.25) is 0 Å². The Morgan fingerprint density at radius 2 is 1.33 bits per heavy atom. The Kier molecular flexibility index (Phi) is 4.61. The maximum absolute atomic E-state index is 12.2. The molecule has 0 aliphatic heterocycles. The first kappa shape index (κ1) is 16.9. The zero-order valence-corrected chi connectivity index (χ0v) is 11.4. The maximum Gasteiger partial charge on any atom is 0.490 e. The zero-order chi connectivity index (χ0) is 14.9. The monoisotopic (exact) mass is 268 g/mol. The highest BCUT2D eigenvalue weighted by molar-refractivity contribution is 5.91. The number of carbonyl (C=O) groups excluding carboxylic acids is 2. The van der Waals surface area contributed by atoms with Crippen LogP contribution in [0.25, 0.3) is 0 Å². The number of halogens is 3. The van der Waals surface area contributed by atoms with E-state index in [0.717, 1.165) is 0 Å². The lowest BCUT2D eigenvalue weighted by Crippen LogP contribution is -2.46. The van der Waals surface area contributed by atoms with Crippen LogP contribution in [0.15, 0.2) is 0 Å². The number of hydrogen-bond acceptors (Lipinski definition) is 3. The largest absolute Gasteiger partial charge is 0.490 e. The lowest BCUT2D eigenvalue weighted by Gasteiger charge is -2.33. The summed E-state index contributed by atoms with van der Waals surface area (Å²) in [5, 5.41) is 0. The highest BCUT2D eigenvalue weighted by atomic mass is 19.4. The Morgan fingerprint density at radius 1 is 0.944 bits per heavy atom. The molecule has 0 spiro atoms. The maximum atomic E-state index is 12.2. The van der Waals surface area contributed by atoms with Crippen molar-refractivity contribution >= 4 is 11.8 Å². The molecule has 0 aromatic rings. The standard InChI is InChI=1S/C12H19F3O3/c1-10(2,3)7(16)8(11(4,5)6)18-9(17)12(13,14)15/h8H,1-6H3. The number of ketones is 1. The third-order valence-electron chi connectivity index (χ3n) is 2.22. The van der Waals surface area contributed by atoms with Crippen molar-refractivity contribution in [1.29, 1.82) is 0 Å². The van der Waals surface area contributed by atoms with Crippen LogP contribution in [0.4, 0.5) is 13.2 Å². The van der Waals surface area contributed by atoms with Crippen molar-refractivity contribution in [2.75, 3.05) is 0 Å². The Hall–Kier alpha value is -1.07. The molecular formula is C12H19F3O3. The molecule has 0 aliphatic rings. The van der Waals surface area contributed by atoms with Gasteiger partial charge in [0.15, 0.2) is 11.9 Å². The minimum Gasteiger partial charge on any atom is -0.447 e. The van der Waals surface area contributed by atoms with Crippen LogP contribution in [-0.4, -0.2) is 24.0 Å². The first-order valence-electron chi connectivity index (χ1n) is 5.49. The number of hydrogen-bond donors (Lipinski definition) is 0. The van der Waals surface area contributed by atoms with E-state index in [9.17, 15) is 22.8 Å².